The molecule has 3 aromatic rings. The molecule has 0 spiro atoms. The number of hydrogen-bond acceptors (Lipinski definition) is 3. The van der Waals surface area contributed by atoms with Crippen molar-refractivity contribution in [3.8, 4) is 22.4 Å². The first kappa shape index (κ1) is 12.8. The van der Waals surface area contributed by atoms with Gasteiger partial charge in [0, 0.05) is 23.5 Å². The van der Waals surface area contributed by atoms with Gasteiger partial charge in [-0.05, 0) is 34.1 Å². The van der Waals surface area contributed by atoms with Crippen LogP contribution in [0.4, 0.5) is 10.2 Å². The largest absolute Gasteiger partial charge is 0.382 e. The van der Waals surface area contributed by atoms with Crippen molar-refractivity contribution in [3.63, 3.8) is 0 Å². The summed E-state index contributed by atoms with van der Waals surface area (Å²) >= 11 is 3.14. The third-order valence-electron chi connectivity index (χ3n) is 2.95. The van der Waals surface area contributed by atoms with Crippen LogP contribution >= 0.6 is 15.9 Å². The average molecular weight is 333 g/mol. The minimum absolute atomic E-state index is 0.340. The van der Waals surface area contributed by atoms with Crippen molar-refractivity contribution in [1.29, 1.82) is 0 Å². The number of H-pyrrole nitrogens is 1. The summed E-state index contributed by atoms with van der Waals surface area (Å²) in [5.74, 6) is 0.0177. The summed E-state index contributed by atoms with van der Waals surface area (Å²) < 4.78 is 14.1. The zero-order valence-corrected chi connectivity index (χ0v) is 11.9. The highest BCUT2D eigenvalue weighted by Gasteiger charge is 2.15. The molecule has 0 saturated carbocycles. The van der Waals surface area contributed by atoms with Gasteiger partial charge in [-0.15, -0.1) is 0 Å². The van der Waals surface area contributed by atoms with Crippen LogP contribution in [-0.4, -0.2) is 15.2 Å². The van der Waals surface area contributed by atoms with Gasteiger partial charge in [0.1, 0.15) is 5.82 Å². The van der Waals surface area contributed by atoms with Gasteiger partial charge in [0.25, 0.3) is 0 Å². The number of halogens is 2. The molecule has 0 aliphatic rings. The summed E-state index contributed by atoms with van der Waals surface area (Å²) in [4.78, 5) is 4.07. The number of nitrogen functional groups attached to an aromatic ring is 1. The number of pyridine rings is 1. The van der Waals surface area contributed by atoms with Crippen LogP contribution in [0.1, 0.15) is 0 Å². The number of aromatic nitrogens is 3. The molecule has 3 rings (SSSR count). The summed E-state index contributed by atoms with van der Waals surface area (Å²) in [6.45, 7) is 0. The van der Waals surface area contributed by atoms with E-state index in [0.717, 1.165) is 11.1 Å². The fourth-order valence-electron chi connectivity index (χ4n) is 2.02. The lowest BCUT2D eigenvalue weighted by Gasteiger charge is -2.05. The van der Waals surface area contributed by atoms with Crippen LogP contribution in [0.25, 0.3) is 22.4 Å². The third-order valence-corrected chi connectivity index (χ3v) is 3.60. The summed E-state index contributed by atoms with van der Waals surface area (Å²) in [6.07, 6.45) is 3.37. The van der Waals surface area contributed by atoms with E-state index in [2.05, 4.69) is 31.1 Å². The number of benzene rings is 1. The Balaban J connectivity index is 2.18. The lowest BCUT2D eigenvalue weighted by molar-refractivity contribution is 0.621. The molecule has 0 aliphatic carbocycles. The molecule has 0 atom stereocenters. The monoisotopic (exact) mass is 332 g/mol. The zero-order chi connectivity index (χ0) is 14.1. The van der Waals surface area contributed by atoms with E-state index in [1.165, 1.54) is 6.07 Å². The molecule has 6 heteroatoms. The topological polar surface area (TPSA) is 67.6 Å². The van der Waals surface area contributed by atoms with E-state index in [4.69, 9.17) is 5.73 Å². The summed E-state index contributed by atoms with van der Waals surface area (Å²) in [6, 6.07) is 8.56. The van der Waals surface area contributed by atoms with E-state index in [1.807, 2.05) is 12.1 Å². The Labute approximate surface area is 123 Å². The number of hydrogen-bond donors (Lipinski definition) is 2. The maximum atomic E-state index is 13.7. The zero-order valence-electron chi connectivity index (χ0n) is 10.3. The molecule has 3 N–H and O–H groups in total. The molecule has 0 radical (unpaired) electrons. The summed E-state index contributed by atoms with van der Waals surface area (Å²) in [5.41, 5.74) is 8.80. The normalized spacial score (nSPS) is 10.7. The van der Waals surface area contributed by atoms with Gasteiger partial charge in [-0.25, -0.2) is 4.39 Å². The Morgan fingerprint density at radius 3 is 2.75 bits per heavy atom. The van der Waals surface area contributed by atoms with Gasteiger partial charge in [0.05, 0.1) is 15.7 Å². The summed E-state index contributed by atoms with van der Waals surface area (Å²) in [7, 11) is 0. The summed E-state index contributed by atoms with van der Waals surface area (Å²) in [5, 5.41) is 6.86. The van der Waals surface area contributed by atoms with E-state index in [1.54, 1.807) is 24.5 Å². The number of anilines is 1. The van der Waals surface area contributed by atoms with Gasteiger partial charge in [-0.3, -0.25) is 10.1 Å². The van der Waals surface area contributed by atoms with Crippen molar-refractivity contribution in [2.24, 2.45) is 0 Å². The third kappa shape index (κ3) is 2.18. The van der Waals surface area contributed by atoms with Crippen LogP contribution in [0.5, 0.6) is 0 Å². The molecular weight excluding hydrogens is 323 g/mol. The standard InChI is InChI=1S/C14H10BrFN4/c15-10-4-3-8(6-11(10)16)13-12(14(17)20-19-13)9-2-1-5-18-7-9/h1-7H,(H3,17,19,20). The fraction of sp³-hybridized carbons (Fsp3) is 0. The Bertz CT molecular complexity index is 755. The lowest BCUT2D eigenvalue weighted by Crippen LogP contribution is -1.89. The maximum Gasteiger partial charge on any atom is 0.153 e. The molecular formula is C14H10BrFN4. The van der Waals surface area contributed by atoms with Crippen LogP contribution < -0.4 is 5.73 Å². The molecule has 0 fully saturated rings. The van der Waals surface area contributed by atoms with Crippen LogP contribution in [0.2, 0.25) is 0 Å². The molecule has 20 heavy (non-hydrogen) atoms. The molecule has 0 saturated heterocycles. The highest BCUT2D eigenvalue weighted by atomic mass is 79.9. The quantitative estimate of drug-likeness (QED) is 0.753. The predicted molar refractivity (Wildman–Crippen MR) is 79.3 cm³/mol. The lowest BCUT2D eigenvalue weighted by atomic mass is 10.0. The van der Waals surface area contributed by atoms with E-state index >= 15 is 0 Å². The van der Waals surface area contributed by atoms with Crippen molar-refractivity contribution < 1.29 is 4.39 Å². The smallest absolute Gasteiger partial charge is 0.153 e. The highest BCUT2D eigenvalue weighted by Crippen LogP contribution is 2.35. The van der Waals surface area contributed by atoms with Crippen molar-refractivity contribution in [2.75, 3.05) is 5.73 Å². The Hall–Kier alpha value is -2.21. The number of nitrogens with zero attached hydrogens (tertiary/aromatic N) is 2. The van der Waals surface area contributed by atoms with E-state index in [0.29, 0.717) is 21.5 Å². The number of aromatic amines is 1. The van der Waals surface area contributed by atoms with Gasteiger partial charge >= 0.3 is 0 Å². The van der Waals surface area contributed by atoms with Crippen molar-refractivity contribution in [1.82, 2.24) is 15.2 Å². The van der Waals surface area contributed by atoms with Crippen LogP contribution in [0, 0.1) is 5.82 Å². The first-order valence-electron chi connectivity index (χ1n) is 5.86. The van der Waals surface area contributed by atoms with E-state index in [9.17, 15) is 4.39 Å². The van der Waals surface area contributed by atoms with Gasteiger partial charge in [-0.2, -0.15) is 5.10 Å². The number of rotatable bonds is 2. The second kappa shape index (κ2) is 5.05. The van der Waals surface area contributed by atoms with Crippen molar-refractivity contribution >= 4 is 21.7 Å². The average Bonchev–Trinajstić information content (AvgIpc) is 2.85. The first-order chi connectivity index (χ1) is 9.66. The molecule has 0 aliphatic heterocycles. The molecule has 0 unspecified atom stereocenters. The molecule has 2 aromatic heterocycles. The second-order valence-corrected chi connectivity index (χ2v) is 5.08. The molecule has 0 bridgehead atoms. The van der Waals surface area contributed by atoms with Gasteiger partial charge < -0.3 is 5.73 Å². The highest BCUT2D eigenvalue weighted by molar-refractivity contribution is 9.10. The van der Waals surface area contributed by atoms with Gasteiger partial charge in [-0.1, -0.05) is 12.1 Å². The fourth-order valence-corrected chi connectivity index (χ4v) is 2.27. The molecule has 2 heterocycles. The van der Waals surface area contributed by atoms with Crippen LogP contribution in [-0.2, 0) is 0 Å². The Kier molecular flexibility index (Phi) is 3.23. The minimum Gasteiger partial charge on any atom is -0.382 e. The maximum absolute atomic E-state index is 13.7. The molecule has 1 aromatic carbocycles. The Morgan fingerprint density at radius 2 is 2.05 bits per heavy atom. The Morgan fingerprint density at radius 1 is 1.20 bits per heavy atom. The molecule has 0 amide bonds. The SMILES string of the molecule is Nc1n[nH]c(-c2ccc(Br)c(F)c2)c1-c1cccnc1. The van der Waals surface area contributed by atoms with Crippen LogP contribution in [0.15, 0.2) is 47.2 Å². The van der Waals surface area contributed by atoms with Crippen molar-refractivity contribution in [3.05, 3.63) is 53.0 Å². The van der Waals surface area contributed by atoms with Crippen molar-refractivity contribution in [2.45, 2.75) is 0 Å². The molecule has 4 nitrogen and oxygen atoms in total. The van der Waals surface area contributed by atoms with E-state index in [-0.39, 0.29) is 5.82 Å². The second-order valence-electron chi connectivity index (χ2n) is 4.23. The minimum atomic E-state index is -0.340. The number of nitrogens with two attached hydrogens (primary N) is 1. The molecule has 100 valence electrons. The predicted octanol–water partition coefficient (Wildman–Crippen LogP) is 3.62. The van der Waals surface area contributed by atoms with E-state index < -0.39 is 0 Å². The van der Waals surface area contributed by atoms with Gasteiger partial charge in [0.2, 0.25) is 0 Å². The first-order valence-corrected chi connectivity index (χ1v) is 6.66. The van der Waals surface area contributed by atoms with Gasteiger partial charge in [0.15, 0.2) is 5.82 Å². The number of nitrogens with one attached hydrogen (secondary N) is 1. The van der Waals surface area contributed by atoms with Crippen LogP contribution in [0.3, 0.4) is 0 Å².